The van der Waals surface area contributed by atoms with Gasteiger partial charge in [0, 0.05) is 42.1 Å². The van der Waals surface area contributed by atoms with Gasteiger partial charge < -0.3 is 14.7 Å². The fraction of sp³-hybridized carbons (Fsp3) is 0.350. The van der Waals surface area contributed by atoms with Crippen molar-refractivity contribution in [3.05, 3.63) is 69.7 Å². The van der Waals surface area contributed by atoms with Gasteiger partial charge >= 0.3 is 6.09 Å². The monoisotopic (exact) mass is 439 g/mol. The summed E-state index contributed by atoms with van der Waals surface area (Å²) in [6.07, 6.45) is -0.251. The zero-order valence-electron chi connectivity index (χ0n) is 14.8. The molecule has 1 heterocycles. The Morgan fingerprint density at radius 2 is 1.96 bits per heavy atom. The van der Waals surface area contributed by atoms with Gasteiger partial charge in [-0.25, -0.2) is 13.6 Å². The van der Waals surface area contributed by atoms with Gasteiger partial charge in [-0.15, -0.1) is 0 Å². The summed E-state index contributed by atoms with van der Waals surface area (Å²) < 4.78 is 34.2. The predicted octanol–water partition coefficient (Wildman–Crippen LogP) is 4.91. The number of ether oxygens (including phenoxy) is 1. The van der Waals surface area contributed by atoms with Crippen molar-refractivity contribution in [2.24, 2.45) is 0 Å². The molecule has 144 valence electrons. The van der Waals surface area contributed by atoms with E-state index in [1.54, 1.807) is 4.90 Å². The van der Waals surface area contributed by atoms with E-state index in [0.717, 1.165) is 22.2 Å². The van der Waals surface area contributed by atoms with Crippen LogP contribution >= 0.6 is 15.9 Å². The normalized spacial score (nSPS) is 21.1. The highest BCUT2D eigenvalue weighted by Gasteiger charge is 2.44. The van der Waals surface area contributed by atoms with Crippen LogP contribution in [-0.2, 0) is 10.3 Å². The Hall–Kier alpha value is -1.99. The molecule has 1 aliphatic heterocycles. The van der Waals surface area contributed by atoms with Gasteiger partial charge in [-0.1, -0.05) is 28.1 Å². The van der Waals surface area contributed by atoms with Crippen molar-refractivity contribution >= 4 is 22.0 Å². The first-order chi connectivity index (χ1) is 12.9. The number of nitrogens with zero attached hydrogens (tertiary/aromatic N) is 1. The molecule has 0 spiro atoms. The van der Waals surface area contributed by atoms with E-state index in [4.69, 9.17) is 4.74 Å². The molecule has 1 amide bonds. The Bertz CT molecular complexity index is 830. The summed E-state index contributed by atoms with van der Waals surface area (Å²) in [6.45, 7) is 1.93. The molecule has 27 heavy (non-hydrogen) atoms. The molecule has 2 atom stereocenters. The molecule has 1 aliphatic rings. The number of benzene rings is 2. The molecule has 1 saturated heterocycles. The summed E-state index contributed by atoms with van der Waals surface area (Å²) in [5.74, 6) is -1.49. The third-order valence-electron chi connectivity index (χ3n) is 5.03. The largest absolute Gasteiger partial charge is 0.438 e. The Kier molecular flexibility index (Phi) is 5.81. The molecular formula is C20H20BrF2NO3. The zero-order valence-corrected chi connectivity index (χ0v) is 16.4. The van der Waals surface area contributed by atoms with E-state index < -0.39 is 23.3 Å². The summed E-state index contributed by atoms with van der Waals surface area (Å²) in [7, 11) is 0. The van der Waals surface area contributed by atoms with Crippen molar-refractivity contribution in [2.75, 3.05) is 13.2 Å². The minimum Gasteiger partial charge on any atom is -0.438 e. The molecule has 0 bridgehead atoms. The lowest BCUT2D eigenvalue weighted by molar-refractivity contribution is -0.0735. The van der Waals surface area contributed by atoms with E-state index in [-0.39, 0.29) is 24.6 Å². The molecule has 0 aliphatic carbocycles. The van der Waals surface area contributed by atoms with Crippen LogP contribution in [0.2, 0.25) is 0 Å². The smallest absolute Gasteiger partial charge is 0.411 e. The van der Waals surface area contributed by atoms with Gasteiger partial charge in [0.15, 0.2) is 0 Å². The molecule has 0 aromatic heterocycles. The molecule has 0 saturated carbocycles. The standard InChI is InChI=1S/C20H20BrF2NO3/c1-13(14-2-4-15(21)5-3-14)24-10-8-20(9-11-25,27-19(24)26)17-7-6-16(22)12-18(17)23/h2-7,12-13,25H,8-11H2,1H3/t13-,20-/m0/s1. The summed E-state index contributed by atoms with van der Waals surface area (Å²) in [4.78, 5) is 14.3. The Balaban J connectivity index is 1.86. The summed E-state index contributed by atoms with van der Waals surface area (Å²) in [5, 5.41) is 9.45. The van der Waals surface area contributed by atoms with Crippen LogP contribution in [0.4, 0.5) is 13.6 Å². The third-order valence-corrected chi connectivity index (χ3v) is 5.56. The van der Waals surface area contributed by atoms with Crippen LogP contribution in [0.1, 0.15) is 36.9 Å². The SMILES string of the molecule is C[C@@H](c1ccc(Br)cc1)N1CC[C@](CCO)(c2ccc(F)cc2F)OC1=O. The molecule has 0 unspecified atom stereocenters. The van der Waals surface area contributed by atoms with Gasteiger partial charge in [-0.2, -0.15) is 0 Å². The van der Waals surface area contributed by atoms with Crippen molar-refractivity contribution < 1.29 is 23.4 Å². The third kappa shape index (κ3) is 3.99. The highest BCUT2D eigenvalue weighted by atomic mass is 79.9. The van der Waals surface area contributed by atoms with Gasteiger partial charge in [-0.05, 0) is 36.8 Å². The van der Waals surface area contributed by atoms with Gasteiger partial charge in [0.25, 0.3) is 0 Å². The van der Waals surface area contributed by atoms with E-state index in [9.17, 15) is 18.7 Å². The number of hydrogen-bond acceptors (Lipinski definition) is 3. The van der Waals surface area contributed by atoms with Crippen molar-refractivity contribution in [3.8, 4) is 0 Å². The van der Waals surface area contributed by atoms with E-state index in [0.29, 0.717) is 13.0 Å². The lowest BCUT2D eigenvalue weighted by Crippen LogP contribution is -2.49. The Labute approximate surface area is 164 Å². The van der Waals surface area contributed by atoms with Crippen LogP contribution in [-0.4, -0.2) is 29.3 Å². The average molecular weight is 440 g/mol. The lowest BCUT2D eigenvalue weighted by atomic mass is 9.85. The van der Waals surface area contributed by atoms with Crippen LogP contribution < -0.4 is 0 Å². The maximum Gasteiger partial charge on any atom is 0.411 e. The van der Waals surface area contributed by atoms with Gasteiger partial charge in [0.05, 0.1) is 6.04 Å². The second-order valence-corrected chi connectivity index (χ2v) is 7.55. The number of rotatable bonds is 5. The molecule has 2 aromatic rings. The first-order valence-corrected chi connectivity index (χ1v) is 9.47. The minimum atomic E-state index is -1.31. The topological polar surface area (TPSA) is 49.8 Å². The summed E-state index contributed by atoms with van der Waals surface area (Å²) in [5.41, 5.74) is -0.278. The van der Waals surface area contributed by atoms with Crippen LogP contribution in [0.25, 0.3) is 0 Å². The number of amides is 1. The van der Waals surface area contributed by atoms with E-state index in [2.05, 4.69) is 15.9 Å². The lowest BCUT2D eigenvalue weighted by Gasteiger charge is -2.43. The first kappa shape index (κ1) is 19.8. The van der Waals surface area contributed by atoms with Crippen molar-refractivity contribution in [2.45, 2.75) is 31.4 Å². The van der Waals surface area contributed by atoms with Crippen LogP contribution in [0, 0.1) is 11.6 Å². The molecule has 7 heteroatoms. The molecule has 3 rings (SSSR count). The van der Waals surface area contributed by atoms with Gasteiger partial charge in [0.1, 0.15) is 17.2 Å². The molecule has 0 radical (unpaired) electrons. The molecule has 1 N–H and O–H groups in total. The number of aliphatic hydroxyl groups is 1. The van der Waals surface area contributed by atoms with Crippen molar-refractivity contribution in [1.82, 2.24) is 4.90 Å². The van der Waals surface area contributed by atoms with Crippen LogP contribution in [0.3, 0.4) is 0 Å². The average Bonchev–Trinajstić information content (AvgIpc) is 2.62. The molecule has 1 fully saturated rings. The maximum atomic E-state index is 14.4. The highest BCUT2D eigenvalue weighted by Crippen LogP contribution is 2.40. The summed E-state index contributed by atoms with van der Waals surface area (Å²) >= 11 is 3.38. The van der Waals surface area contributed by atoms with Gasteiger partial charge in [0.2, 0.25) is 0 Å². The highest BCUT2D eigenvalue weighted by molar-refractivity contribution is 9.10. The zero-order chi connectivity index (χ0) is 19.6. The van der Waals surface area contributed by atoms with Crippen LogP contribution in [0.15, 0.2) is 46.9 Å². The fourth-order valence-corrected chi connectivity index (χ4v) is 3.75. The maximum absolute atomic E-state index is 14.4. The van der Waals surface area contributed by atoms with E-state index >= 15 is 0 Å². The number of aliphatic hydroxyl groups excluding tert-OH is 1. The quantitative estimate of drug-likeness (QED) is 0.719. The number of hydrogen-bond donors (Lipinski definition) is 1. The van der Waals surface area contributed by atoms with Crippen LogP contribution in [0.5, 0.6) is 0 Å². The molecule has 4 nitrogen and oxygen atoms in total. The number of carbonyl (C=O) groups excluding carboxylic acids is 1. The van der Waals surface area contributed by atoms with Crippen molar-refractivity contribution in [3.63, 3.8) is 0 Å². The first-order valence-electron chi connectivity index (χ1n) is 8.68. The second-order valence-electron chi connectivity index (χ2n) is 6.63. The molecular weight excluding hydrogens is 420 g/mol. The molecule has 2 aromatic carbocycles. The number of carbonyl (C=O) groups is 1. The Morgan fingerprint density at radius 1 is 1.26 bits per heavy atom. The number of cyclic esters (lactones) is 1. The summed E-state index contributed by atoms with van der Waals surface area (Å²) in [6, 6.07) is 10.6. The van der Waals surface area contributed by atoms with E-state index in [1.165, 1.54) is 6.07 Å². The van der Waals surface area contributed by atoms with Gasteiger partial charge in [-0.3, -0.25) is 0 Å². The van der Waals surface area contributed by atoms with Crippen molar-refractivity contribution in [1.29, 1.82) is 0 Å². The number of halogens is 3. The predicted molar refractivity (Wildman–Crippen MR) is 100 cm³/mol. The fourth-order valence-electron chi connectivity index (χ4n) is 3.48. The Morgan fingerprint density at radius 3 is 2.56 bits per heavy atom. The van der Waals surface area contributed by atoms with E-state index in [1.807, 2.05) is 31.2 Å². The minimum absolute atomic E-state index is 0.0434. The second kappa shape index (κ2) is 7.94.